The first kappa shape index (κ1) is 9.96. The van der Waals surface area contributed by atoms with Crippen LogP contribution >= 0.6 is 0 Å². The van der Waals surface area contributed by atoms with Crippen LogP contribution in [0.3, 0.4) is 0 Å². The maximum Gasteiger partial charge on any atom is 0.206 e. The molecular formula is C4H5CoO2. The minimum absolute atomic E-state index is 0. The molecule has 0 amide bonds. The van der Waals surface area contributed by atoms with E-state index in [0.29, 0.717) is 0 Å². The first-order valence-corrected chi connectivity index (χ1v) is 1.62. The van der Waals surface area contributed by atoms with Crippen molar-refractivity contribution in [3.8, 4) is 0 Å². The molecule has 0 aromatic rings. The van der Waals surface area contributed by atoms with Gasteiger partial charge >= 0.3 is 0 Å². The van der Waals surface area contributed by atoms with Gasteiger partial charge in [-0.05, 0) is 6.92 Å². The van der Waals surface area contributed by atoms with E-state index in [-0.39, 0.29) is 29.0 Å². The van der Waals surface area contributed by atoms with Gasteiger partial charge in [0.1, 0.15) is 5.78 Å². The van der Waals surface area contributed by atoms with Crippen molar-refractivity contribution in [1.29, 1.82) is 0 Å². The number of hydrogen-bond donors (Lipinski definition) is 0. The smallest absolute Gasteiger partial charge is 0.206 e. The van der Waals surface area contributed by atoms with Gasteiger partial charge in [-0.2, -0.15) is 0 Å². The number of ketones is 1. The molecule has 0 rings (SSSR count). The maximum absolute atomic E-state index is 9.78. The van der Waals surface area contributed by atoms with Gasteiger partial charge in [0.15, 0.2) is 0 Å². The van der Waals surface area contributed by atoms with Crippen LogP contribution in [0.4, 0.5) is 0 Å². The van der Waals surface area contributed by atoms with Gasteiger partial charge in [-0.15, -0.1) is 0 Å². The minimum Gasteiger partial charge on any atom is -0.300 e. The van der Waals surface area contributed by atoms with Gasteiger partial charge in [-0.1, -0.05) is 0 Å². The minimum atomic E-state index is -0.134. The van der Waals surface area contributed by atoms with E-state index in [1.54, 1.807) is 0 Å². The largest absolute Gasteiger partial charge is 0.300 e. The van der Waals surface area contributed by atoms with Gasteiger partial charge in [-0.25, -0.2) is 0 Å². The Bertz CT molecular complexity index is 70.1. The Hall–Kier alpha value is -0.154. The average molecular weight is 144 g/mol. The molecule has 0 aliphatic rings. The quantitative estimate of drug-likeness (QED) is 0.514. The monoisotopic (exact) mass is 144 g/mol. The summed E-state index contributed by atoms with van der Waals surface area (Å²) in [5.41, 5.74) is 0. The first-order valence-electron chi connectivity index (χ1n) is 1.62. The molecule has 0 atom stereocenters. The molecule has 3 heteroatoms. The topological polar surface area (TPSA) is 34.1 Å². The Kier molecular flexibility index (Phi) is 8.32. The van der Waals surface area contributed by atoms with E-state index in [1.165, 1.54) is 13.2 Å². The fourth-order valence-electron chi connectivity index (χ4n) is 0.102. The second-order valence-electron chi connectivity index (χ2n) is 1.02. The molecule has 2 nitrogen and oxygen atoms in total. The van der Waals surface area contributed by atoms with Crippen LogP contribution in [0.25, 0.3) is 0 Å². The van der Waals surface area contributed by atoms with E-state index in [2.05, 4.69) is 0 Å². The van der Waals surface area contributed by atoms with Crippen molar-refractivity contribution in [3.05, 3.63) is 0 Å². The Morgan fingerprint density at radius 2 is 2.14 bits per heavy atom. The van der Waals surface area contributed by atoms with E-state index in [0.717, 1.165) is 0 Å². The molecule has 0 aromatic heterocycles. The third kappa shape index (κ3) is 10.7. The van der Waals surface area contributed by atoms with Gasteiger partial charge in [0.2, 0.25) is 6.29 Å². The molecule has 7 heavy (non-hydrogen) atoms. The van der Waals surface area contributed by atoms with Crippen molar-refractivity contribution >= 4 is 12.1 Å². The van der Waals surface area contributed by atoms with Crippen LogP contribution in [-0.2, 0) is 26.4 Å². The molecule has 0 fully saturated rings. The zero-order valence-corrected chi connectivity index (χ0v) is 4.90. The molecule has 0 N–H and O–H groups in total. The van der Waals surface area contributed by atoms with Crippen molar-refractivity contribution < 1.29 is 26.4 Å². The summed E-state index contributed by atoms with van der Waals surface area (Å²) in [7, 11) is 0. The van der Waals surface area contributed by atoms with Crippen molar-refractivity contribution in [3.63, 3.8) is 0 Å². The number of carbonyl (C=O) groups excluding carboxylic acids is 2. The van der Waals surface area contributed by atoms with Gasteiger partial charge in [-0.3, -0.25) is 9.59 Å². The second kappa shape index (κ2) is 5.85. The number of hydrogen-bond acceptors (Lipinski definition) is 2. The Morgan fingerprint density at radius 1 is 1.71 bits per heavy atom. The molecule has 0 aromatic carbocycles. The summed E-state index contributed by atoms with van der Waals surface area (Å²) in [6, 6.07) is 0. The van der Waals surface area contributed by atoms with Crippen LogP contribution < -0.4 is 0 Å². The summed E-state index contributed by atoms with van der Waals surface area (Å²) in [4.78, 5) is 19.1. The Morgan fingerprint density at radius 3 is 2.14 bits per heavy atom. The summed E-state index contributed by atoms with van der Waals surface area (Å²) >= 11 is 0. The fraction of sp³-hybridized carbons (Fsp3) is 0.500. The molecule has 0 saturated carbocycles. The third-order valence-electron chi connectivity index (χ3n) is 0.321. The van der Waals surface area contributed by atoms with Crippen molar-refractivity contribution in [1.82, 2.24) is 0 Å². The predicted octanol–water partition coefficient (Wildman–Crippen LogP) is 0.0727. The molecule has 42 valence electrons. The van der Waals surface area contributed by atoms with E-state index >= 15 is 0 Å². The molecule has 0 aliphatic heterocycles. The molecule has 0 bridgehead atoms. The number of rotatable bonds is 2. The van der Waals surface area contributed by atoms with Crippen molar-refractivity contribution in [2.45, 2.75) is 13.3 Å². The SMILES string of the molecule is CC(=O)C[C]=O.[Co]. The molecular weight excluding hydrogens is 139 g/mol. The number of carbonyl (C=O) groups is 1. The number of Topliss-reactive ketones (excluding diaryl/α,β-unsaturated/α-hetero) is 1. The normalized spacial score (nSPS) is 6.43. The predicted molar refractivity (Wildman–Crippen MR) is 21.0 cm³/mol. The zero-order valence-electron chi connectivity index (χ0n) is 3.86. The summed E-state index contributed by atoms with van der Waals surface area (Å²) in [6.07, 6.45) is 1.40. The van der Waals surface area contributed by atoms with Crippen LogP contribution in [0.1, 0.15) is 13.3 Å². The van der Waals surface area contributed by atoms with Gasteiger partial charge in [0.25, 0.3) is 0 Å². The average Bonchev–Trinajstić information content (AvgIpc) is 1.35. The molecule has 0 spiro atoms. The molecule has 0 saturated heterocycles. The van der Waals surface area contributed by atoms with E-state index in [4.69, 9.17) is 0 Å². The summed E-state index contributed by atoms with van der Waals surface area (Å²) in [5.74, 6) is -0.134. The standard InChI is InChI=1S/C4H5O2.Co/c1-4(6)2-3-5;/h2H2,1H3;. The summed E-state index contributed by atoms with van der Waals surface area (Å²) < 4.78 is 0. The van der Waals surface area contributed by atoms with E-state index < -0.39 is 0 Å². The van der Waals surface area contributed by atoms with Crippen LogP contribution in [0.2, 0.25) is 0 Å². The van der Waals surface area contributed by atoms with Crippen LogP contribution in [-0.4, -0.2) is 12.1 Å². The summed E-state index contributed by atoms with van der Waals surface area (Å²) in [5, 5.41) is 0. The maximum atomic E-state index is 9.78. The first-order chi connectivity index (χ1) is 2.77. The molecule has 0 heterocycles. The van der Waals surface area contributed by atoms with Crippen LogP contribution in [0.5, 0.6) is 0 Å². The van der Waals surface area contributed by atoms with E-state index in [1.807, 2.05) is 0 Å². The molecule has 2 radical (unpaired) electrons. The van der Waals surface area contributed by atoms with Gasteiger partial charge in [0.05, 0.1) is 6.42 Å². The molecule has 0 aliphatic carbocycles. The third-order valence-corrected chi connectivity index (χ3v) is 0.321. The fourth-order valence-corrected chi connectivity index (χ4v) is 0.102. The van der Waals surface area contributed by atoms with Crippen molar-refractivity contribution in [2.75, 3.05) is 0 Å². The van der Waals surface area contributed by atoms with E-state index in [9.17, 15) is 9.59 Å². The van der Waals surface area contributed by atoms with Crippen LogP contribution in [0.15, 0.2) is 0 Å². The zero-order chi connectivity index (χ0) is 4.99. The second-order valence-corrected chi connectivity index (χ2v) is 1.02. The Balaban J connectivity index is 0. The van der Waals surface area contributed by atoms with Crippen LogP contribution in [0, 0.1) is 0 Å². The molecule has 0 unspecified atom stereocenters. The van der Waals surface area contributed by atoms with Gasteiger partial charge < -0.3 is 0 Å². The van der Waals surface area contributed by atoms with Crippen molar-refractivity contribution in [2.24, 2.45) is 0 Å². The van der Waals surface area contributed by atoms with Gasteiger partial charge in [0, 0.05) is 16.8 Å². The summed E-state index contributed by atoms with van der Waals surface area (Å²) in [6.45, 7) is 1.35. The Labute approximate surface area is 52.5 Å².